The Kier molecular flexibility index (Phi) is 3.82. The molecule has 8 heteroatoms. The van der Waals surface area contributed by atoms with E-state index in [1.54, 1.807) is 19.2 Å². The van der Waals surface area contributed by atoms with Crippen LogP contribution in [0.15, 0.2) is 35.5 Å². The van der Waals surface area contributed by atoms with Crippen LogP contribution in [0.2, 0.25) is 5.02 Å². The van der Waals surface area contributed by atoms with Gasteiger partial charge in [-0.1, -0.05) is 11.6 Å². The molecule has 0 fully saturated rings. The van der Waals surface area contributed by atoms with Crippen LogP contribution in [0.5, 0.6) is 0 Å². The zero-order valence-electron chi connectivity index (χ0n) is 10.4. The Labute approximate surface area is 120 Å². The van der Waals surface area contributed by atoms with Gasteiger partial charge >= 0.3 is 0 Å². The molecule has 2 rings (SSSR count). The summed E-state index contributed by atoms with van der Waals surface area (Å²) in [7, 11) is -4.14. The molecule has 0 radical (unpaired) electrons. The standard InChI is InChI=1S/C12H11ClFN3O2S/c1-7-2-9(6-16-5-7)17-20(18,19)11-4-8(13)3-10(15)12(11)14/h2-6,17H,15H2,1H3. The van der Waals surface area contributed by atoms with Crippen molar-refractivity contribution >= 4 is 33.0 Å². The molecule has 5 nitrogen and oxygen atoms in total. The van der Waals surface area contributed by atoms with Crippen LogP contribution >= 0.6 is 11.6 Å². The van der Waals surface area contributed by atoms with Crippen molar-refractivity contribution in [2.75, 3.05) is 10.5 Å². The predicted molar refractivity (Wildman–Crippen MR) is 75.6 cm³/mol. The maximum absolute atomic E-state index is 13.8. The number of nitrogens with one attached hydrogen (secondary N) is 1. The third kappa shape index (κ3) is 3.00. The van der Waals surface area contributed by atoms with Crippen LogP contribution in [-0.2, 0) is 10.0 Å². The van der Waals surface area contributed by atoms with Crippen LogP contribution in [-0.4, -0.2) is 13.4 Å². The van der Waals surface area contributed by atoms with Gasteiger partial charge in [0.15, 0.2) is 5.82 Å². The summed E-state index contributed by atoms with van der Waals surface area (Å²) in [6.07, 6.45) is 2.88. The van der Waals surface area contributed by atoms with Gasteiger partial charge in [0.2, 0.25) is 0 Å². The molecular formula is C12H11ClFN3O2S. The van der Waals surface area contributed by atoms with E-state index in [1.807, 2.05) is 0 Å². The van der Waals surface area contributed by atoms with Crippen molar-refractivity contribution in [1.29, 1.82) is 0 Å². The van der Waals surface area contributed by atoms with E-state index in [0.717, 1.165) is 17.7 Å². The zero-order chi connectivity index (χ0) is 14.9. The fourth-order valence-electron chi connectivity index (χ4n) is 1.60. The van der Waals surface area contributed by atoms with Gasteiger partial charge in [-0.2, -0.15) is 0 Å². The lowest BCUT2D eigenvalue weighted by Crippen LogP contribution is -2.15. The van der Waals surface area contributed by atoms with Crippen LogP contribution in [0.1, 0.15) is 5.56 Å². The van der Waals surface area contributed by atoms with E-state index in [2.05, 4.69) is 9.71 Å². The van der Waals surface area contributed by atoms with Crippen LogP contribution in [0.25, 0.3) is 0 Å². The average Bonchev–Trinajstić information content (AvgIpc) is 2.33. The Balaban J connectivity index is 2.46. The third-order valence-corrected chi connectivity index (χ3v) is 4.05. The van der Waals surface area contributed by atoms with Gasteiger partial charge in [0, 0.05) is 11.2 Å². The number of nitrogen functional groups attached to an aromatic ring is 1. The average molecular weight is 316 g/mol. The summed E-state index contributed by atoms with van der Waals surface area (Å²) >= 11 is 5.71. The number of nitrogens with two attached hydrogens (primary N) is 1. The summed E-state index contributed by atoms with van der Waals surface area (Å²) in [5.41, 5.74) is 6.02. The Morgan fingerprint density at radius 1 is 1.30 bits per heavy atom. The highest BCUT2D eigenvalue weighted by Gasteiger charge is 2.22. The number of hydrogen-bond donors (Lipinski definition) is 2. The van der Waals surface area contributed by atoms with Crippen LogP contribution < -0.4 is 10.5 Å². The van der Waals surface area contributed by atoms with Gasteiger partial charge in [0.25, 0.3) is 10.0 Å². The normalized spacial score (nSPS) is 11.3. The first kappa shape index (κ1) is 14.5. The first-order valence-corrected chi connectivity index (χ1v) is 7.35. The van der Waals surface area contributed by atoms with E-state index in [1.165, 1.54) is 6.20 Å². The molecule has 20 heavy (non-hydrogen) atoms. The van der Waals surface area contributed by atoms with E-state index < -0.39 is 20.7 Å². The summed E-state index contributed by atoms with van der Waals surface area (Å²) in [5.74, 6) is -1.04. The van der Waals surface area contributed by atoms with Crippen LogP contribution in [0.3, 0.4) is 0 Å². The van der Waals surface area contributed by atoms with Gasteiger partial charge in [-0.25, -0.2) is 12.8 Å². The molecule has 1 aromatic carbocycles. The number of rotatable bonds is 3. The minimum absolute atomic E-state index is 0.0339. The van der Waals surface area contributed by atoms with Crippen molar-refractivity contribution in [3.8, 4) is 0 Å². The molecule has 106 valence electrons. The molecule has 1 heterocycles. The minimum Gasteiger partial charge on any atom is -0.396 e. The molecule has 0 spiro atoms. The van der Waals surface area contributed by atoms with Crippen molar-refractivity contribution in [2.24, 2.45) is 0 Å². The highest BCUT2D eigenvalue weighted by Crippen LogP contribution is 2.26. The number of aromatic nitrogens is 1. The second-order valence-corrected chi connectivity index (χ2v) is 6.25. The lowest BCUT2D eigenvalue weighted by molar-refractivity contribution is 0.573. The molecule has 0 atom stereocenters. The fourth-order valence-corrected chi connectivity index (χ4v) is 3.06. The molecule has 0 aliphatic rings. The number of sulfonamides is 1. The molecular weight excluding hydrogens is 305 g/mol. The maximum atomic E-state index is 13.8. The Morgan fingerprint density at radius 2 is 2.00 bits per heavy atom. The number of benzene rings is 1. The molecule has 0 saturated carbocycles. The summed E-state index contributed by atoms with van der Waals surface area (Å²) in [6.45, 7) is 1.75. The number of nitrogens with zero attached hydrogens (tertiary/aromatic N) is 1. The number of anilines is 2. The van der Waals surface area contributed by atoms with Gasteiger partial charge in [-0.3, -0.25) is 9.71 Å². The fraction of sp³-hybridized carbons (Fsp3) is 0.0833. The Morgan fingerprint density at radius 3 is 2.65 bits per heavy atom. The monoisotopic (exact) mass is 315 g/mol. The number of halogens is 2. The first-order valence-electron chi connectivity index (χ1n) is 5.48. The second kappa shape index (κ2) is 5.26. The van der Waals surface area contributed by atoms with Gasteiger partial charge in [0.05, 0.1) is 17.6 Å². The van der Waals surface area contributed by atoms with E-state index in [9.17, 15) is 12.8 Å². The third-order valence-electron chi connectivity index (χ3n) is 2.45. The summed E-state index contributed by atoms with van der Waals surface area (Å²) in [5, 5.41) is 0.0339. The molecule has 0 aliphatic heterocycles. The predicted octanol–water partition coefficient (Wildman–Crippen LogP) is 2.57. The van der Waals surface area contributed by atoms with Crippen molar-refractivity contribution in [1.82, 2.24) is 4.98 Å². The van der Waals surface area contributed by atoms with E-state index >= 15 is 0 Å². The van der Waals surface area contributed by atoms with Crippen molar-refractivity contribution in [2.45, 2.75) is 11.8 Å². The molecule has 2 aromatic rings. The van der Waals surface area contributed by atoms with Crippen LogP contribution in [0, 0.1) is 12.7 Å². The summed E-state index contributed by atoms with van der Waals surface area (Å²) in [6, 6.07) is 3.71. The SMILES string of the molecule is Cc1cncc(NS(=O)(=O)c2cc(Cl)cc(N)c2F)c1. The Bertz CT molecular complexity index is 765. The quantitative estimate of drug-likeness (QED) is 0.852. The number of aryl methyl sites for hydroxylation is 1. The zero-order valence-corrected chi connectivity index (χ0v) is 12.0. The van der Waals surface area contributed by atoms with Gasteiger partial charge in [-0.15, -0.1) is 0 Å². The van der Waals surface area contributed by atoms with E-state index in [-0.39, 0.29) is 16.4 Å². The topological polar surface area (TPSA) is 85.1 Å². The maximum Gasteiger partial charge on any atom is 0.265 e. The minimum atomic E-state index is -4.14. The lowest BCUT2D eigenvalue weighted by Gasteiger charge is -2.10. The second-order valence-electron chi connectivity index (χ2n) is 4.16. The van der Waals surface area contributed by atoms with Crippen molar-refractivity contribution in [3.63, 3.8) is 0 Å². The highest BCUT2D eigenvalue weighted by molar-refractivity contribution is 7.92. The molecule has 0 amide bonds. The Hall–Kier alpha value is -1.86. The van der Waals surface area contributed by atoms with Crippen LogP contribution in [0.4, 0.5) is 15.8 Å². The van der Waals surface area contributed by atoms with Gasteiger partial charge < -0.3 is 5.73 Å². The lowest BCUT2D eigenvalue weighted by atomic mass is 10.3. The summed E-state index contributed by atoms with van der Waals surface area (Å²) < 4.78 is 40.4. The molecule has 3 N–H and O–H groups in total. The molecule has 0 unspecified atom stereocenters. The van der Waals surface area contributed by atoms with Crippen molar-refractivity contribution in [3.05, 3.63) is 47.0 Å². The van der Waals surface area contributed by atoms with E-state index in [4.69, 9.17) is 17.3 Å². The van der Waals surface area contributed by atoms with E-state index in [0.29, 0.717) is 0 Å². The molecule has 0 bridgehead atoms. The first-order chi connectivity index (χ1) is 9.29. The highest BCUT2D eigenvalue weighted by atomic mass is 35.5. The number of hydrogen-bond acceptors (Lipinski definition) is 4. The largest absolute Gasteiger partial charge is 0.396 e. The summed E-state index contributed by atoms with van der Waals surface area (Å²) in [4.78, 5) is 3.24. The number of pyridine rings is 1. The van der Waals surface area contributed by atoms with Gasteiger partial charge in [0.1, 0.15) is 4.90 Å². The van der Waals surface area contributed by atoms with Gasteiger partial charge in [-0.05, 0) is 30.7 Å². The van der Waals surface area contributed by atoms with Crippen molar-refractivity contribution < 1.29 is 12.8 Å². The molecule has 0 aliphatic carbocycles. The molecule has 0 saturated heterocycles. The smallest absolute Gasteiger partial charge is 0.265 e. The molecule has 1 aromatic heterocycles.